The molecular weight excluding hydrogens is 334 g/mol. The van der Waals surface area contributed by atoms with Gasteiger partial charge in [0.15, 0.2) is 0 Å². The molecule has 0 aromatic heterocycles. The van der Waals surface area contributed by atoms with E-state index in [9.17, 15) is 19.2 Å². The summed E-state index contributed by atoms with van der Waals surface area (Å²) >= 11 is 0. The van der Waals surface area contributed by atoms with E-state index >= 15 is 0 Å². The van der Waals surface area contributed by atoms with E-state index in [-0.39, 0.29) is 18.5 Å². The van der Waals surface area contributed by atoms with Gasteiger partial charge in [-0.05, 0) is 43.4 Å². The average molecular weight is 359 g/mol. The topological polar surface area (TPSA) is 86.8 Å². The zero-order chi connectivity index (χ0) is 19.6. The maximum absolute atomic E-state index is 12.3. The number of hydrogen-bond acceptors (Lipinski definition) is 4. The van der Waals surface area contributed by atoms with Gasteiger partial charge in [0, 0.05) is 6.54 Å². The Hall–Kier alpha value is -2.70. The predicted molar refractivity (Wildman–Crippen MR) is 96.1 cm³/mol. The quantitative estimate of drug-likeness (QED) is 0.621. The van der Waals surface area contributed by atoms with Crippen molar-refractivity contribution in [2.75, 3.05) is 13.1 Å². The number of aryl methyl sites for hydroxylation is 2. The molecule has 1 aromatic rings. The maximum atomic E-state index is 12.3. The van der Waals surface area contributed by atoms with Crippen LogP contribution in [0.4, 0.5) is 4.79 Å². The van der Waals surface area contributed by atoms with Crippen molar-refractivity contribution in [3.05, 3.63) is 34.9 Å². The third-order valence-corrected chi connectivity index (χ3v) is 4.39. The van der Waals surface area contributed by atoms with Crippen LogP contribution < -0.4 is 5.32 Å². The minimum atomic E-state index is -0.954. The van der Waals surface area contributed by atoms with Gasteiger partial charge in [0.05, 0.1) is 6.04 Å². The van der Waals surface area contributed by atoms with E-state index in [2.05, 4.69) is 5.32 Å². The number of nitrogens with zero attached hydrogens (tertiary/aromatic N) is 2. The number of imide groups is 2. The molecule has 26 heavy (non-hydrogen) atoms. The van der Waals surface area contributed by atoms with Crippen LogP contribution in [-0.2, 0) is 14.4 Å². The van der Waals surface area contributed by atoms with Gasteiger partial charge in [0.2, 0.25) is 5.91 Å². The molecule has 5 amide bonds. The lowest BCUT2D eigenvalue weighted by Crippen LogP contribution is -2.42. The Balaban J connectivity index is 2.02. The number of rotatable bonds is 6. The van der Waals surface area contributed by atoms with Gasteiger partial charge in [-0.2, -0.15) is 0 Å². The van der Waals surface area contributed by atoms with E-state index in [1.54, 1.807) is 0 Å². The lowest BCUT2D eigenvalue weighted by atomic mass is 10.0. The first-order chi connectivity index (χ1) is 12.1. The highest BCUT2D eigenvalue weighted by Gasteiger charge is 2.45. The monoisotopic (exact) mass is 359 g/mol. The fraction of sp³-hybridized carbons (Fsp3) is 0.474. The number of benzene rings is 1. The summed E-state index contributed by atoms with van der Waals surface area (Å²) in [5, 5.41) is 2.77. The number of amides is 5. The molecule has 0 unspecified atom stereocenters. The van der Waals surface area contributed by atoms with Crippen LogP contribution in [-0.4, -0.2) is 46.6 Å². The third kappa shape index (κ3) is 4.09. The van der Waals surface area contributed by atoms with Gasteiger partial charge in [-0.1, -0.05) is 32.0 Å². The van der Waals surface area contributed by atoms with Crippen molar-refractivity contribution in [2.45, 2.75) is 40.7 Å². The second kappa shape index (κ2) is 7.68. The Labute approximate surface area is 153 Å². The van der Waals surface area contributed by atoms with Gasteiger partial charge in [-0.15, -0.1) is 0 Å². The Bertz CT molecular complexity index is 757. The van der Waals surface area contributed by atoms with Crippen molar-refractivity contribution < 1.29 is 19.2 Å². The highest BCUT2D eigenvalue weighted by atomic mass is 16.2. The number of urea groups is 1. The highest BCUT2D eigenvalue weighted by molar-refractivity contribution is 6.45. The highest BCUT2D eigenvalue weighted by Crippen LogP contribution is 2.17. The fourth-order valence-corrected chi connectivity index (χ4v) is 2.76. The first-order valence-corrected chi connectivity index (χ1v) is 8.65. The largest absolute Gasteiger partial charge is 0.348 e. The molecule has 1 aromatic carbocycles. The van der Waals surface area contributed by atoms with Crippen LogP contribution in [0.1, 0.15) is 43.5 Å². The predicted octanol–water partition coefficient (Wildman–Crippen LogP) is 1.93. The number of hydrogen-bond donors (Lipinski definition) is 1. The van der Waals surface area contributed by atoms with Crippen LogP contribution in [0.5, 0.6) is 0 Å². The molecule has 1 atom stereocenters. The first-order valence-electron chi connectivity index (χ1n) is 8.65. The minimum Gasteiger partial charge on any atom is -0.348 e. The normalized spacial score (nSPS) is 15.8. The SMILES string of the molecule is Cc1ccc([C@@H](C)NC(=O)CN2C(=O)C(=O)N(CC(C)C)C2=O)cc1C. The van der Waals surface area contributed by atoms with Gasteiger partial charge in [-0.25, -0.2) is 9.69 Å². The molecule has 1 fully saturated rings. The average Bonchev–Trinajstić information content (AvgIpc) is 2.75. The van der Waals surface area contributed by atoms with E-state index in [1.165, 1.54) is 0 Å². The van der Waals surface area contributed by atoms with Gasteiger partial charge >= 0.3 is 17.8 Å². The minimum absolute atomic E-state index is 0.0364. The molecule has 0 spiro atoms. The van der Waals surface area contributed by atoms with E-state index < -0.39 is 30.3 Å². The van der Waals surface area contributed by atoms with Gasteiger partial charge in [0.25, 0.3) is 0 Å². The van der Waals surface area contributed by atoms with Crippen molar-refractivity contribution in [3.63, 3.8) is 0 Å². The molecule has 1 heterocycles. The molecule has 140 valence electrons. The fourth-order valence-electron chi connectivity index (χ4n) is 2.76. The van der Waals surface area contributed by atoms with Crippen molar-refractivity contribution in [2.24, 2.45) is 5.92 Å². The van der Waals surface area contributed by atoms with Crippen LogP contribution in [0.15, 0.2) is 18.2 Å². The lowest BCUT2D eigenvalue weighted by Gasteiger charge is -2.19. The van der Waals surface area contributed by atoms with E-state index in [0.29, 0.717) is 4.90 Å². The number of carbonyl (C=O) groups excluding carboxylic acids is 4. The van der Waals surface area contributed by atoms with Crippen LogP contribution >= 0.6 is 0 Å². The van der Waals surface area contributed by atoms with Crippen LogP contribution in [0.25, 0.3) is 0 Å². The van der Waals surface area contributed by atoms with Crippen LogP contribution in [0.2, 0.25) is 0 Å². The summed E-state index contributed by atoms with van der Waals surface area (Å²) in [6.45, 7) is 9.19. The van der Waals surface area contributed by atoms with E-state index in [1.807, 2.05) is 52.8 Å². The summed E-state index contributed by atoms with van der Waals surface area (Å²) in [7, 11) is 0. The molecule has 1 saturated heterocycles. The Morgan fingerprint density at radius 2 is 1.62 bits per heavy atom. The van der Waals surface area contributed by atoms with E-state index in [4.69, 9.17) is 0 Å². The molecule has 7 heteroatoms. The summed E-state index contributed by atoms with van der Waals surface area (Å²) in [6, 6.07) is 4.87. The molecule has 1 aliphatic heterocycles. The Morgan fingerprint density at radius 1 is 1.00 bits per heavy atom. The lowest BCUT2D eigenvalue weighted by molar-refractivity contribution is -0.144. The second-order valence-corrected chi connectivity index (χ2v) is 7.12. The van der Waals surface area contributed by atoms with Gasteiger partial charge < -0.3 is 5.32 Å². The summed E-state index contributed by atoms with van der Waals surface area (Å²) in [5.41, 5.74) is 3.20. The Morgan fingerprint density at radius 3 is 2.19 bits per heavy atom. The first kappa shape index (κ1) is 19.6. The van der Waals surface area contributed by atoms with Crippen molar-refractivity contribution in [3.8, 4) is 0 Å². The molecule has 1 aliphatic rings. The molecule has 7 nitrogen and oxygen atoms in total. The molecule has 0 radical (unpaired) electrons. The summed E-state index contributed by atoms with van der Waals surface area (Å²) in [6.07, 6.45) is 0. The molecule has 1 N–H and O–H groups in total. The van der Waals surface area contributed by atoms with E-state index in [0.717, 1.165) is 21.6 Å². The molecule has 2 rings (SSSR count). The second-order valence-electron chi connectivity index (χ2n) is 7.12. The zero-order valence-corrected chi connectivity index (χ0v) is 15.8. The standard InChI is InChI=1S/C19H25N3O4/c1-11(2)9-21-17(24)18(25)22(19(21)26)10-16(23)20-14(5)15-7-6-12(3)13(4)8-15/h6-8,11,14H,9-10H2,1-5H3,(H,20,23)/t14-/m1/s1. The van der Waals surface area contributed by atoms with Crippen LogP contribution in [0.3, 0.4) is 0 Å². The summed E-state index contributed by atoms with van der Waals surface area (Å²) < 4.78 is 0. The maximum Gasteiger partial charge on any atom is 0.334 e. The van der Waals surface area contributed by atoms with Crippen molar-refractivity contribution in [1.29, 1.82) is 0 Å². The zero-order valence-electron chi connectivity index (χ0n) is 15.8. The molecular formula is C19H25N3O4. The van der Waals surface area contributed by atoms with Crippen molar-refractivity contribution in [1.82, 2.24) is 15.1 Å². The molecule has 0 aliphatic carbocycles. The third-order valence-electron chi connectivity index (χ3n) is 4.39. The smallest absolute Gasteiger partial charge is 0.334 e. The number of carbonyl (C=O) groups is 4. The summed E-state index contributed by atoms with van der Waals surface area (Å²) in [4.78, 5) is 50.1. The van der Waals surface area contributed by atoms with Gasteiger partial charge in [-0.3, -0.25) is 19.3 Å². The molecule has 0 saturated carbocycles. The van der Waals surface area contributed by atoms with Crippen LogP contribution in [0, 0.1) is 19.8 Å². The Kier molecular flexibility index (Phi) is 5.79. The summed E-state index contributed by atoms with van der Waals surface area (Å²) in [5.74, 6) is -2.28. The van der Waals surface area contributed by atoms with Crippen molar-refractivity contribution >= 4 is 23.8 Å². The van der Waals surface area contributed by atoms with Gasteiger partial charge in [0.1, 0.15) is 6.54 Å². The number of nitrogens with one attached hydrogen (secondary N) is 1. The molecule has 0 bridgehead atoms.